The number of carbonyl (C=O) groups is 2. The minimum atomic E-state index is -3.98. The van der Waals surface area contributed by atoms with Crippen LogP contribution in [0.25, 0.3) is 0 Å². The zero-order valence-corrected chi connectivity index (χ0v) is 26.4. The predicted molar refractivity (Wildman–Crippen MR) is 170 cm³/mol. The minimum absolute atomic E-state index is 0.00499. The molecule has 0 aliphatic heterocycles. The number of nitrogens with one attached hydrogen (secondary N) is 1. The minimum Gasteiger partial charge on any atom is -0.352 e. The molecule has 0 spiro atoms. The van der Waals surface area contributed by atoms with Crippen molar-refractivity contribution >= 4 is 62.3 Å². The lowest BCUT2D eigenvalue weighted by Gasteiger charge is -2.35. The van der Waals surface area contributed by atoms with Crippen LogP contribution in [0, 0.1) is 0 Å². The van der Waals surface area contributed by atoms with Crippen LogP contribution in [0.15, 0.2) is 72.8 Å². The van der Waals surface area contributed by atoms with Gasteiger partial charge in [-0.05, 0) is 42.2 Å². The number of benzene rings is 3. The summed E-state index contributed by atoms with van der Waals surface area (Å²) in [6, 6.07) is 20.1. The van der Waals surface area contributed by atoms with E-state index in [9.17, 15) is 18.0 Å². The molecule has 0 heterocycles. The van der Waals surface area contributed by atoms with Crippen LogP contribution >= 0.6 is 34.8 Å². The van der Waals surface area contributed by atoms with Gasteiger partial charge in [0.2, 0.25) is 21.8 Å². The van der Waals surface area contributed by atoms with Gasteiger partial charge in [0, 0.05) is 24.0 Å². The molecule has 0 saturated heterocycles. The van der Waals surface area contributed by atoms with Crippen molar-refractivity contribution < 1.29 is 18.0 Å². The van der Waals surface area contributed by atoms with Gasteiger partial charge < -0.3 is 10.2 Å². The van der Waals surface area contributed by atoms with Gasteiger partial charge in [-0.15, -0.1) is 0 Å². The Morgan fingerprint density at radius 3 is 2.19 bits per heavy atom. The second-order valence-electron chi connectivity index (χ2n) is 10.5. The van der Waals surface area contributed by atoms with Gasteiger partial charge in [-0.3, -0.25) is 13.9 Å². The van der Waals surface area contributed by atoms with Crippen molar-refractivity contribution in [2.45, 2.75) is 57.2 Å². The Balaban J connectivity index is 1.75. The second kappa shape index (κ2) is 14.6. The molecular formula is C31H34Cl3N3O4S. The Morgan fingerprint density at radius 2 is 1.52 bits per heavy atom. The van der Waals surface area contributed by atoms with Crippen LogP contribution in [0.1, 0.15) is 43.2 Å². The molecule has 1 atom stereocenters. The van der Waals surface area contributed by atoms with Crippen molar-refractivity contribution in [2.24, 2.45) is 0 Å². The number of anilines is 1. The highest BCUT2D eigenvalue weighted by Gasteiger charge is 2.35. The number of hydrogen-bond acceptors (Lipinski definition) is 4. The van der Waals surface area contributed by atoms with Crippen molar-refractivity contribution in [1.82, 2.24) is 10.2 Å². The number of sulfonamides is 1. The fourth-order valence-corrected chi connectivity index (χ4v) is 6.69. The van der Waals surface area contributed by atoms with E-state index < -0.39 is 28.5 Å². The van der Waals surface area contributed by atoms with Gasteiger partial charge in [0.25, 0.3) is 0 Å². The third kappa shape index (κ3) is 8.40. The number of nitrogens with zero attached hydrogens (tertiary/aromatic N) is 2. The van der Waals surface area contributed by atoms with Gasteiger partial charge in [-0.1, -0.05) is 109 Å². The van der Waals surface area contributed by atoms with E-state index in [-0.39, 0.29) is 40.6 Å². The van der Waals surface area contributed by atoms with Crippen LogP contribution in [0.4, 0.5) is 5.69 Å². The molecule has 3 aromatic carbocycles. The average Bonchev–Trinajstić information content (AvgIpc) is 2.96. The molecule has 1 aliphatic rings. The smallest absolute Gasteiger partial charge is 0.244 e. The summed E-state index contributed by atoms with van der Waals surface area (Å²) in [5, 5.41) is 3.76. The Labute approximate surface area is 262 Å². The molecule has 0 radical (unpaired) electrons. The maximum atomic E-state index is 14.2. The van der Waals surface area contributed by atoms with Crippen LogP contribution in [0.2, 0.25) is 15.1 Å². The molecule has 0 bridgehead atoms. The van der Waals surface area contributed by atoms with Crippen LogP contribution in [-0.4, -0.2) is 50.0 Å². The van der Waals surface area contributed by atoms with Gasteiger partial charge in [0.15, 0.2) is 0 Å². The Morgan fingerprint density at radius 1 is 0.881 bits per heavy atom. The molecular weight excluding hydrogens is 617 g/mol. The number of amides is 2. The molecule has 42 heavy (non-hydrogen) atoms. The molecule has 2 amide bonds. The third-order valence-corrected chi connectivity index (χ3v) is 9.70. The molecule has 1 aliphatic carbocycles. The van der Waals surface area contributed by atoms with E-state index in [2.05, 4.69) is 5.32 Å². The molecule has 11 heteroatoms. The molecule has 7 nitrogen and oxygen atoms in total. The van der Waals surface area contributed by atoms with E-state index in [4.69, 9.17) is 34.8 Å². The van der Waals surface area contributed by atoms with Gasteiger partial charge >= 0.3 is 0 Å². The highest BCUT2D eigenvalue weighted by atomic mass is 35.5. The average molecular weight is 651 g/mol. The second-order valence-corrected chi connectivity index (χ2v) is 13.6. The van der Waals surface area contributed by atoms with Gasteiger partial charge in [-0.2, -0.15) is 0 Å². The molecule has 1 fully saturated rings. The topological polar surface area (TPSA) is 86.8 Å². The van der Waals surface area contributed by atoms with E-state index in [1.165, 1.54) is 17.0 Å². The Hall–Kier alpha value is -2.78. The first-order valence-electron chi connectivity index (χ1n) is 13.8. The summed E-state index contributed by atoms with van der Waals surface area (Å²) in [5.41, 5.74) is 1.56. The summed E-state index contributed by atoms with van der Waals surface area (Å²) in [6.07, 6.45) is 6.15. The first kappa shape index (κ1) is 32.1. The lowest BCUT2D eigenvalue weighted by atomic mass is 9.94. The molecule has 3 aromatic rings. The number of halogens is 3. The van der Waals surface area contributed by atoms with Crippen LogP contribution in [0.3, 0.4) is 0 Å². The van der Waals surface area contributed by atoms with Gasteiger partial charge in [0.05, 0.1) is 22.0 Å². The molecule has 1 saturated carbocycles. The summed E-state index contributed by atoms with van der Waals surface area (Å²) in [6.45, 7) is -0.597. The highest BCUT2D eigenvalue weighted by Crippen LogP contribution is 2.34. The molecule has 1 N–H and O–H groups in total. The number of carbonyl (C=O) groups excluding carboxylic acids is 2. The predicted octanol–water partition coefficient (Wildman–Crippen LogP) is 6.50. The van der Waals surface area contributed by atoms with Crippen molar-refractivity contribution in [1.29, 1.82) is 0 Å². The third-order valence-electron chi connectivity index (χ3n) is 7.40. The van der Waals surface area contributed by atoms with Gasteiger partial charge in [-0.25, -0.2) is 8.42 Å². The number of hydrogen-bond donors (Lipinski definition) is 1. The zero-order valence-electron chi connectivity index (χ0n) is 23.3. The molecule has 0 aromatic heterocycles. The highest BCUT2D eigenvalue weighted by molar-refractivity contribution is 7.92. The van der Waals surface area contributed by atoms with Crippen molar-refractivity contribution in [2.75, 3.05) is 17.1 Å². The molecule has 0 unspecified atom stereocenters. The summed E-state index contributed by atoms with van der Waals surface area (Å²) in [4.78, 5) is 29.6. The fourth-order valence-electron chi connectivity index (χ4n) is 5.19. The van der Waals surface area contributed by atoms with E-state index >= 15 is 0 Å². The zero-order chi connectivity index (χ0) is 30.3. The van der Waals surface area contributed by atoms with E-state index in [0.29, 0.717) is 10.6 Å². The van der Waals surface area contributed by atoms with Crippen molar-refractivity contribution in [3.05, 3.63) is 99.0 Å². The largest absolute Gasteiger partial charge is 0.352 e. The standard InChI is InChI=1S/C31H34Cl3N3O4S/c1-42(40,41)37(27-18-10-17-26(33)30(27)34)21-29(38)36(20-23-13-8-9-16-25(23)32)28(19-22-11-4-2-5-12-22)31(39)35-24-14-6-3-7-15-24/h2,4-5,8-13,16-18,24,28H,3,6-7,14-15,19-21H2,1H3,(H,35,39)/t28-/m1/s1. The Bertz CT molecular complexity index is 1500. The lowest BCUT2D eigenvalue weighted by molar-refractivity contribution is -0.140. The Kier molecular flexibility index (Phi) is 11.2. The fraction of sp³-hybridized carbons (Fsp3) is 0.355. The summed E-state index contributed by atoms with van der Waals surface area (Å²) in [5.74, 6) is -0.881. The first-order valence-corrected chi connectivity index (χ1v) is 16.8. The molecule has 224 valence electrons. The number of rotatable bonds is 11. The van der Waals surface area contributed by atoms with E-state index in [0.717, 1.165) is 48.2 Å². The summed E-state index contributed by atoms with van der Waals surface area (Å²) >= 11 is 19.1. The normalized spacial score (nSPS) is 14.7. The van der Waals surface area contributed by atoms with Crippen molar-refractivity contribution in [3.63, 3.8) is 0 Å². The van der Waals surface area contributed by atoms with E-state index in [1.807, 2.05) is 30.3 Å². The summed E-state index contributed by atoms with van der Waals surface area (Å²) < 4.78 is 26.9. The van der Waals surface area contributed by atoms with E-state index in [1.54, 1.807) is 30.3 Å². The van der Waals surface area contributed by atoms with Crippen LogP contribution in [0.5, 0.6) is 0 Å². The quantitative estimate of drug-likeness (QED) is 0.257. The lowest BCUT2D eigenvalue weighted by Crippen LogP contribution is -2.55. The van der Waals surface area contributed by atoms with Gasteiger partial charge in [0.1, 0.15) is 12.6 Å². The maximum absolute atomic E-state index is 14.2. The first-order chi connectivity index (χ1) is 20.0. The molecule has 4 rings (SSSR count). The van der Waals surface area contributed by atoms with Crippen LogP contribution in [-0.2, 0) is 32.6 Å². The monoisotopic (exact) mass is 649 g/mol. The summed E-state index contributed by atoms with van der Waals surface area (Å²) in [7, 11) is -3.98. The van der Waals surface area contributed by atoms with Crippen LogP contribution < -0.4 is 9.62 Å². The van der Waals surface area contributed by atoms with Crippen molar-refractivity contribution in [3.8, 4) is 0 Å². The maximum Gasteiger partial charge on any atom is 0.244 e. The SMILES string of the molecule is CS(=O)(=O)N(CC(=O)N(Cc1ccccc1Cl)[C@H](Cc1ccccc1)C(=O)NC1CCCCC1)c1cccc(Cl)c1Cl.